The molecule has 2 aliphatic rings. The summed E-state index contributed by atoms with van der Waals surface area (Å²) in [6.45, 7) is -0.114. The third kappa shape index (κ3) is 4.92. The zero-order valence-corrected chi connectivity index (χ0v) is 18.5. The van der Waals surface area contributed by atoms with Crippen molar-refractivity contribution in [3.8, 4) is 11.1 Å². The summed E-state index contributed by atoms with van der Waals surface area (Å²) in [5, 5.41) is 2.23. The molecule has 1 unspecified atom stereocenters. The number of imide groups is 1. The van der Waals surface area contributed by atoms with Crippen LogP contribution in [0.1, 0.15) is 29.9 Å². The number of hydrogen-bond acceptors (Lipinski definition) is 8. The van der Waals surface area contributed by atoms with Gasteiger partial charge in [0.1, 0.15) is 18.4 Å². The van der Waals surface area contributed by atoms with Gasteiger partial charge >= 0.3 is 12.1 Å². The number of fused-ring (bicyclic) bond motifs is 3. The second-order valence-corrected chi connectivity index (χ2v) is 9.26. The molecule has 178 valence electrons. The van der Waals surface area contributed by atoms with Crippen molar-refractivity contribution >= 4 is 34.0 Å². The van der Waals surface area contributed by atoms with E-state index in [0.717, 1.165) is 22.3 Å². The zero-order valence-electron chi connectivity index (χ0n) is 17.7. The van der Waals surface area contributed by atoms with E-state index in [1.807, 2.05) is 53.8 Å². The Balaban J connectivity index is 1.45. The van der Waals surface area contributed by atoms with E-state index >= 15 is 0 Å². The lowest BCUT2D eigenvalue weighted by Crippen LogP contribution is -2.49. The molecule has 12 heteroatoms. The lowest BCUT2D eigenvalue weighted by molar-refractivity contribution is -0.198. The van der Waals surface area contributed by atoms with Gasteiger partial charge in [0, 0.05) is 18.8 Å². The highest BCUT2D eigenvalue weighted by molar-refractivity contribution is 7.85. The normalized spacial score (nSPS) is 16.1. The van der Waals surface area contributed by atoms with Crippen LogP contribution in [0.5, 0.6) is 0 Å². The van der Waals surface area contributed by atoms with Crippen molar-refractivity contribution in [1.82, 2.24) is 10.4 Å². The predicted octanol–water partition coefficient (Wildman–Crippen LogP) is 1.39. The van der Waals surface area contributed by atoms with Gasteiger partial charge in [0.25, 0.3) is 21.9 Å². The summed E-state index contributed by atoms with van der Waals surface area (Å²) in [6.07, 6.45) is -1.49. The molecule has 2 N–H and O–H groups in total. The first-order valence-electron chi connectivity index (χ1n) is 10.3. The van der Waals surface area contributed by atoms with Gasteiger partial charge in [-0.3, -0.25) is 14.1 Å². The molecule has 0 saturated carbocycles. The van der Waals surface area contributed by atoms with Crippen molar-refractivity contribution < 1.29 is 41.7 Å². The van der Waals surface area contributed by atoms with E-state index < -0.39 is 45.8 Å². The minimum atomic E-state index is -4.74. The van der Waals surface area contributed by atoms with Crippen LogP contribution in [0.3, 0.4) is 0 Å². The summed E-state index contributed by atoms with van der Waals surface area (Å²) in [5.74, 6) is -4.53. The molecule has 2 aromatic carbocycles. The Labute approximate surface area is 194 Å². The van der Waals surface area contributed by atoms with Gasteiger partial charge in [-0.05, 0) is 22.3 Å². The van der Waals surface area contributed by atoms with Crippen LogP contribution in [0.4, 0.5) is 4.79 Å². The van der Waals surface area contributed by atoms with Gasteiger partial charge in [-0.2, -0.15) is 8.42 Å². The molecule has 1 atom stereocenters. The van der Waals surface area contributed by atoms with Crippen molar-refractivity contribution in [2.75, 3.05) is 12.4 Å². The van der Waals surface area contributed by atoms with Crippen molar-refractivity contribution in [2.45, 2.75) is 24.8 Å². The Hall–Kier alpha value is -3.77. The average molecular weight is 488 g/mol. The Bertz CT molecular complexity index is 1210. The van der Waals surface area contributed by atoms with Gasteiger partial charge < -0.3 is 14.9 Å². The van der Waals surface area contributed by atoms with Crippen molar-refractivity contribution in [3.05, 3.63) is 59.7 Å². The number of alkyl carbamates (subject to hydrolysis) is 1. The van der Waals surface area contributed by atoms with E-state index in [1.54, 1.807) is 0 Å². The minimum absolute atomic E-state index is 0.114. The number of hydroxylamine groups is 2. The number of benzene rings is 2. The molecule has 1 saturated heterocycles. The summed E-state index contributed by atoms with van der Waals surface area (Å²) < 4.78 is 37.1. The van der Waals surface area contributed by atoms with Crippen LogP contribution in [0, 0.1) is 0 Å². The summed E-state index contributed by atoms with van der Waals surface area (Å²) in [4.78, 5) is 52.8. The predicted molar refractivity (Wildman–Crippen MR) is 116 cm³/mol. The molecule has 0 aromatic heterocycles. The first-order chi connectivity index (χ1) is 16.1. The summed E-state index contributed by atoms with van der Waals surface area (Å²) in [7, 11) is -4.74. The lowest BCUT2D eigenvalue weighted by atomic mass is 9.98. The number of nitrogens with zero attached hydrogens (tertiary/aromatic N) is 1. The Kier molecular flexibility index (Phi) is 6.35. The molecule has 3 amide bonds. The molecule has 0 spiro atoms. The van der Waals surface area contributed by atoms with E-state index in [2.05, 4.69) is 4.84 Å². The molecular weight excluding hydrogens is 468 g/mol. The van der Waals surface area contributed by atoms with E-state index in [0.29, 0.717) is 0 Å². The van der Waals surface area contributed by atoms with Gasteiger partial charge in [0.15, 0.2) is 0 Å². The molecule has 11 nitrogen and oxygen atoms in total. The number of rotatable bonds is 7. The number of carbonyl (C=O) groups is 4. The average Bonchev–Trinajstić information content (AvgIpc) is 3.28. The molecule has 4 rings (SSSR count). The molecule has 2 aromatic rings. The van der Waals surface area contributed by atoms with Crippen molar-refractivity contribution in [3.63, 3.8) is 0 Å². The van der Waals surface area contributed by atoms with Crippen LogP contribution in [0.15, 0.2) is 48.5 Å². The molecule has 1 heterocycles. The molecule has 1 aliphatic heterocycles. The Morgan fingerprint density at radius 2 is 1.53 bits per heavy atom. The largest absolute Gasteiger partial charge is 0.449 e. The van der Waals surface area contributed by atoms with Crippen LogP contribution >= 0.6 is 0 Å². The third-order valence-electron chi connectivity index (χ3n) is 5.48. The number of nitrogens with one attached hydrogen (secondary N) is 1. The van der Waals surface area contributed by atoms with Crippen molar-refractivity contribution in [2.24, 2.45) is 0 Å². The molecule has 0 bridgehead atoms. The third-order valence-corrected chi connectivity index (χ3v) is 6.24. The smallest absolute Gasteiger partial charge is 0.407 e. The van der Waals surface area contributed by atoms with Crippen LogP contribution in [-0.4, -0.2) is 60.3 Å². The molecule has 1 aliphatic carbocycles. The number of amides is 3. The minimum Gasteiger partial charge on any atom is -0.449 e. The van der Waals surface area contributed by atoms with Gasteiger partial charge in [-0.25, -0.2) is 9.59 Å². The Morgan fingerprint density at radius 3 is 2.06 bits per heavy atom. The maximum Gasteiger partial charge on any atom is 0.407 e. The zero-order chi connectivity index (χ0) is 24.5. The highest BCUT2D eigenvalue weighted by Crippen LogP contribution is 2.44. The highest BCUT2D eigenvalue weighted by atomic mass is 32.2. The first-order valence-corrected chi connectivity index (χ1v) is 11.9. The van der Waals surface area contributed by atoms with E-state index in [9.17, 15) is 27.6 Å². The van der Waals surface area contributed by atoms with E-state index in [1.165, 1.54) is 0 Å². The standard InChI is InChI=1S/C22H20N2O9S/c25-19-9-10-20(26)24(19)33-21(27)18(12-34(29,30)31)23-22(28)32-11-17-15-7-3-1-5-13(15)14-6-2-4-8-16(14)17/h1-8,17-18H,9-12H2,(H,23,28)(H,29,30,31). The second-order valence-electron chi connectivity index (χ2n) is 7.76. The molecule has 0 radical (unpaired) electrons. The monoisotopic (exact) mass is 488 g/mol. The fraction of sp³-hybridized carbons (Fsp3) is 0.273. The lowest BCUT2D eigenvalue weighted by Gasteiger charge is -2.20. The number of carbonyl (C=O) groups excluding carboxylic acids is 4. The van der Waals surface area contributed by atoms with E-state index in [-0.39, 0.29) is 30.4 Å². The summed E-state index contributed by atoms with van der Waals surface area (Å²) in [6, 6.07) is 13.3. The van der Waals surface area contributed by atoms with Crippen LogP contribution < -0.4 is 5.32 Å². The SMILES string of the molecule is O=C(NC(CS(=O)(=O)O)C(=O)ON1C(=O)CCC1=O)OCC1c2ccccc2-c2ccccc21. The quantitative estimate of drug-likeness (QED) is 0.434. The van der Waals surface area contributed by atoms with Crippen LogP contribution in [0.2, 0.25) is 0 Å². The number of ether oxygens (including phenoxy) is 1. The van der Waals surface area contributed by atoms with Gasteiger partial charge in [-0.15, -0.1) is 5.06 Å². The van der Waals surface area contributed by atoms with Gasteiger partial charge in [-0.1, -0.05) is 48.5 Å². The van der Waals surface area contributed by atoms with Crippen LogP contribution in [-0.2, 0) is 34.1 Å². The highest BCUT2D eigenvalue weighted by Gasteiger charge is 2.37. The van der Waals surface area contributed by atoms with Gasteiger partial charge in [0.05, 0.1) is 0 Å². The second kappa shape index (κ2) is 9.23. The van der Waals surface area contributed by atoms with E-state index in [4.69, 9.17) is 9.29 Å². The maximum absolute atomic E-state index is 12.4. The topological polar surface area (TPSA) is 156 Å². The molecule has 1 fully saturated rings. The first kappa shape index (κ1) is 23.4. The fourth-order valence-electron chi connectivity index (χ4n) is 3.97. The molecular formula is C22H20N2O9S. The Morgan fingerprint density at radius 1 is 1.00 bits per heavy atom. The number of hydrogen-bond donors (Lipinski definition) is 2. The van der Waals surface area contributed by atoms with Gasteiger partial charge in [0.2, 0.25) is 0 Å². The summed E-state index contributed by atoms with van der Waals surface area (Å²) in [5.41, 5.74) is 3.88. The van der Waals surface area contributed by atoms with Crippen molar-refractivity contribution in [1.29, 1.82) is 0 Å². The van der Waals surface area contributed by atoms with Crippen LogP contribution in [0.25, 0.3) is 11.1 Å². The maximum atomic E-state index is 12.4. The fourth-order valence-corrected chi connectivity index (χ4v) is 4.61. The molecule has 34 heavy (non-hydrogen) atoms. The summed E-state index contributed by atoms with van der Waals surface area (Å²) >= 11 is 0.